The summed E-state index contributed by atoms with van der Waals surface area (Å²) in [6, 6.07) is 4.76. The summed E-state index contributed by atoms with van der Waals surface area (Å²) in [5.74, 6) is -0.365. The van der Waals surface area contributed by atoms with Crippen LogP contribution in [0.25, 0.3) is 0 Å². The molecule has 0 unspecified atom stereocenters. The van der Waals surface area contributed by atoms with Crippen LogP contribution in [0.3, 0.4) is 0 Å². The van der Waals surface area contributed by atoms with Crippen molar-refractivity contribution in [1.29, 1.82) is 0 Å². The zero-order valence-corrected chi connectivity index (χ0v) is 18.3. The molecule has 1 atom stereocenters. The lowest BCUT2D eigenvalue weighted by atomic mass is 10.1. The summed E-state index contributed by atoms with van der Waals surface area (Å²) in [4.78, 5) is 15.7. The quantitative estimate of drug-likeness (QED) is 0.711. The molecule has 156 valence electrons. The van der Waals surface area contributed by atoms with Crippen molar-refractivity contribution in [1.82, 2.24) is 4.90 Å². The minimum atomic E-state index is -1.42. The molecular formula is C20H30FN3O3S. The van der Waals surface area contributed by atoms with Gasteiger partial charge < -0.3 is 14.5 Å². The summed E-state index contributed by atoms with van der Waals surface area (Å²) in [6.07, 6.45) is 1.11. The predicted octanol–water partition coefficient (Wildman–Crippen LogP) is 3.76. The van der Waals surface area contributed by atoms with E-state index in [0.717, 1.165) is 0 Å². The summed E-state index contributed by atoms with van der Waals surface area (Å²) >= 11 is 0. The maximum absolute atomic E-state index is 14.6. The lowest BCUT2D eigenvalue weighted by Crippen LogP contribution is -2.50. The van der Waals surface area contributed by atoms with E-state index in [1.165, 1.54) is 12.3 Å². The van der Waals surface area contributed by atoms with Crippen molar-refractivity contribution in [2.75, 3.05) is 31.1 Å². The Labute approximate surface area is 169 Å². The Morgan fingerprint density at radius 1 is 1.14 bits per heavy atom. The topological polar surface area (TPSA) is 62.2 Å². The molecule has 1 aliphatic heterocycles. The van der Waals surface area contributed by atoms with E-state index in [2.05, 4.69) is 4.40 Å². The molecule has 28 heavy (non-hydrogen) atoms. The van der Waals surface area contributed by atoms with E-state index in [1.807, 2.05) is 46.4 Å². The summed E-state index contributed by atoms with van der Waals surface area (Å²) in [5.41, 5.74) is 0.441. The molecule has 1 heterocycles. The van der Waals surface area contributed by atoms with Crippen LogP contribution in [0.4, 0.5) is 14.9 Å². The third-order valence-corrected chi connectivity index (χ3v) is 5.42. The van der Waals surface area contributed by atoms with Gasteiger partial charge in [-0.25, -0.2) is 13.4 Å². The zero-order valence-electron chi connectivity index (χ0n) is 17.5. The van der Waals surface area contributed by atoms with Gasteiger partial charge in [0.05, 0.1) is 10.4 Å². The van der Waals surface area contributed by atoms with Crippen LogP contribution in [0, 0.1) is 5.82 Å². The van der Waals surface area contributed by atoms with Gasteiger partial charge in [0, 0.05) is 38.0 Å². The van der Waals surface area contributed by atoms with E-state index in [9.17, 15) is 13.4 Å². The number of carbonyl (C=O) groups excluding carboxylic acids is 1. The van der Waals surface area contributed by atoms with Crippen molar-refractivity contribution in [2.45, 2.75) is 51.9 Å². The van der Waals surface area contributed by atoms with Crippen LogP contribution in [0.15, 0.2) is 22.6 Å². The number of benzene rings is 1. The summed E-state index contributed by atoms with van der Waals surface area (Å²) in [6.45, 7) is 12.8. The molecule has 1 aromatic carbocycles. The van der Waals surface area contributed by atoms with Gasteiger partial charge in [0.1, 0.15) is 22.4 Å². The van der Waals surface area contributed by atoms with Crippen LogP contribution in [0.2, 0.25) is 0 Å². The van der Waals surface area contributed by atoms with Crippen LogP contribution in [-0.4, -0.2) is 57.9 Å². The first-order valence-electron chi connectivity index (χ1n) is 9.36. The van der Waals surface area contributed by atoms with E-state index in [-0.39, 0.29) is 11.9 Å². The molecule has 6 nitrogen and oxygen atoms in total. The van der Waals surface area contributed by atoms with Gasteiger partial charge in [-0.3, -0.25) is 0 Å². The molecule has 0 N–H and O–H groups in total. The minimum Gasteiger partial charge on any atom is -0.444 e. The monoisotopic (exact) mass is 411 g/mol. The molecule has 2 rings (SSSR count). The minimum absolute atomic E-state index is 0.358. The maximum atomic E-state index is 14.6. The van der Waals surface area contributed by atoms with Crippen LogP contribution in [0.5, 0.6) is 0 Å². The number of amides is 1. The highest BCUT2D eigenvalue weighted by Gasteiger charge is 2.27. The van der Waals surface area contributed by atoms with E-state index < -0.39 is 21.3 Å². The first kappa shape index (κ1) is 22.3. The van der Waals surface area contributed by atoms with Gasteiger partial charge in [0.2, 0.25) is 0 Å². The average molecular weight is 412 g/mol. The van der Waals surface area contributed by atoms with E-state index in [0.29, 0.717) is 37.4 Å². The normalized spacial score (nSPS) is 17.1. The van der Waals surface area contributed by atoms with Crippen molar-refractivity contribution in [3.05, 3.63) is 29.6 Å². The second kappa shape index (κ2) is 8.59. The molecule has 0 radical (unpaired) electrons. The van der Waals surface area contributed by atoms with Gasteiger partial charge in [-0.15, -0.1) is 0 Å². The SMILES string of the molecule is CC(C)(C)OC(=O)N1CCN(c2c(F)cccc2/C=N/[S@](=O)C(C)(C)C)CC1. The van der Waals surface area contributed by atoms with Gasteiger partial charge >= 0.3 is 6.09 Å². The maximum Gasteiger partial charge on any atom is 0.410 e. The van der Waals surface area contributed by atoms with E-state index >= 15 is 0 Å². The number of nitrogens with zero attached hydrogens (tertiary/aromatic N) is 3. The number of hydrogen-bond acceptors (Lipinski definition) is 4. The van der Waals surface area contributed by atoms with E-state index in [4.69, 9.17) is 4.74 Å². The number of halogens is 1. The second-order valence-electron chi connectivity index (χ2n) is 8.73. The van der Waals surface area contributed by atoms with Crippen molar-refractivity contribution in [2.24, 2.45) is 4.40 Å². The van der Waals surface area contributed by atoms with Crippen molar-refractivity contribution < 1.29 is 18.1 Å². The molecule has 1 aromatic rings. The molecule has 0 aromatic heterocycles. The third-order valence-electron chi connectivity index (χ3n) is 4.08. The van der Waals surface area contributed by atoms with Gasteiger partial charge in [-0.05, 0) is 47.6 Å². The fraction of sp³-hybridized carbons (Fsp3) is 0.600. The van der Waals surface area contributed by atoms with Gasteiger partial charge in [-0.2, -0.15) is 4.40 Å². The number of para-hydroxylation sites is 1. The molecule has 0 saturated carbocycles. The zero-order chi connectivity index (χ0) is 21.1. The van der Waals surface area contributed by atoms with Crippen LogP contribution < -0.4 is 4.90 Å². The molecule has 1 saturated heterocycles. The molecule has 0 spiro atoms. The molecule has 1 fully saturated rings. The number of piperazine rings is 1. The fourth-order valence-electron chi connectivity index (χ4n) is 2.67. The Morgan fingerprint density at radius 2 is 1.75 bits per heavy atom. The highest BCUT2D eigenvalue weighted by atomic mass is 32.2. The number of ether oxygens (including phenoxy) is 1. The first-order chi connectivity index (χ1) is 12.9. The van der Waals surface area contributed by atoms with Gasteiger partial charge in [0.15, 0.2) is 0 Å². The summed E-state index contributed by atoms with van der Waals surface area (Å²) in [5, 5.41) is 0. The summed E-state index contributed by atoms with van der Waals surface area (Å²) < 4.78 is 35.8. The molecule has 1 aliphatic rings. The highest BCUT2D eigenvalue weighted by molar-refractivity contribution is 7.85. The Balaban J connectivity index is 2.14. The van der Waals surface area contributed by atoms with E-state index in [1.54, 1.807) is 17.0 Å². The fourth-order valence-corrected chi connectivity index (χ4v) is 3.20. The molecule has 1 amide bonds. The molecule has 8 heteroatoms. The molecule has 0 bridgehead atoms. The Morgan fingerprint density at radius 3 is 2.29 bits per heavy atom. The third kappa shape index (κ3) is 6.02. The van der Waals surface area contributed by atoms with Crippen LogP contribution in [0.1, 0.15) is 47.1 Å². The smallest absolute Gasteiger partial charge is 0.410 e. The van der Waals surface area contributed by atoms with Crippen LogP contribution >= 0.6 is 0 Å². The summed E-state index contributed by atoms with van der Waals surface area (Å²) in [7, 11) is -1.42. The molecular weight excluding hydrogens is 381 g/mol. The van der Waals surface area contributed by atoms with Crippen molar-refractivity contribution >= 4 is 29.0 Å². The Kier molecular flexibility index (Phi) is 6.85. The Bertz CT molecular complexity index is 761. The average Bonchev–Trinajstić information content (AvgIpc) is 2.57. The number of rotatable bonds is 3. The lowest BCUT2D eigenvalue weighted by molar-refractivity contribution is 0.0240. The first-order valence-corrected chi connectivity index (χ1v) is 10.5. The van der Waals surface area contributed by atoms with Crippen molar-refractivity contribution in [3.63, 3.8) is 0 Å². The lowest BCUT2D eigenvalue weighted by Gasteiger charge is -2.37. The molecule has 0 aliphatic carbocycles. The van der Waals surface area contributed by atoms with Gasteiger partial charge in [-0.1, -0.05) is 12.1 Å². The Hall–Kier alpha value is -1.96. The number of carbonyl (C=O) groups is 1. The van der Waals surface area contributed by atoms with Crippen LogP contribution in [-0.2, 0) is 15.7 Å². The van der Waals surface area contributed by atoms with Gasteiger partial charge in [0.25, 0.3) is 0 Å². The largest absolute Gasteiger partial charge is 0.444 e. The number of anilines is 1. The van der Waals surface area contributed by atoms with Crippen molar-refractivity contribution in [3.8, 4) is 0 Å². The number of hydrogen-bond donors (Lipinski definition) is 0. The highest BCUT2D eigenvalue weighted by Crippen LogP contribution is 2.25. The standard InChI is InChI=1S/C20H30FN3O3S/c1-19(2,3)27-18(25)24-12-10-23(11-13-24)17-15(8-7-9-16(17)21)14-22-28(26)20(4,5)6/h7-9,14H,10-13H2,1-6H3/b22-14+/t28-/m1/s1. The predicted molar refractivity (Wildman–Crippen MR) is 112 cm³/mol. The second-order valence-corrected chi connectivity index (χ2v) is 10.7.